The van der Waals surface area contributed by atoms with Crippen LogP contribution in [0.1, 0.15) is 124 Å². The van der Waals surface area contributed by atoms with Gasteiger partial charge in [0.2, 0.25) is 0 Å². The summed E-state index contributed by atoms with van der Waals surface area (Å²) in [6.45, 7) is -2.56. The molecule has 0 aliphatic carbocycles. The number of benzene rings is 4. The molecular formula is C68H58O34. The van der Waals surface area contributed by atoms with Gasteiger partial charge >= 0.3 is 71.6 Å². The van der Waals surface area contributed by atoms with Gasteiger partial charge in [-0.15, -0.1) is 0 Å². The van der Waals surface area contributed by atoms with Gasteiger partial charge in [0.15, 0.2) is 61.0 Å². The van der Waals surface area contributed by atoms with Gasteiger partial charge < -0.3 is 104 Å². The Kier molecular flexibility index (Phi) is 17.5. The van der Waals surface area contributed by atoms with E-state index in [1.165, 1.54) is 36.4 Å². The summed E-state index contributed by atoms with van der Waals surface area (Å²) < 4.78 is 128. The molecule has 534 valence electrons. The van der Waals surface area contributed by atoms with E-state index in [1.807, 2.05) is 0 Å². The molecule has 102 heavy (non-hydrogen) atoms. The molecule has 4 aromatic rings. The van der Waals surface area contributed by atoms with Crippen LogP contribution in [-0.2, 0) is 104 Å². The number of rotatable bonds is 6. The average molecular weight is 1420 g/mol. The van der Waals surface area contributed by atoms with Crippen molar-refractivity contribution in [3.63, 3.8) is 0 Å². The van der Waals surface area contributed by atoms with Crippen LogP contribution in [0.4, 0.5) is 0 Å². The van der Waals surface area contributed by atoms with E-state index in [4.69, 9.17) is 104 Å². The number of ether oxygens (including phenoxy) is 22. The van der Waals surface area contributed by atoms with Gasteiger partial charge in [-0.05, 0) is 72.8 Å². The standard InChI is InChI=1S/C68H58O34/c1-81-57(69)25-3-27-7-28(4-25)60(72)94-38-16-84-52-42(20-88-48(38)52)98-64(76)32-9-31(63(75)97-41-19-87-47-37(93-59(27)71)15-83-51(41)47)11-35(12-32)67(79)101-45-23-91-56-46(24-92-55(45)56)102-68(80)36-13-33-10-34(14-36)66(78)100-44-22-90-50-40(18-86-54(44)50)96-62(74)30-6-26(58(70)82-2)5-29(8-30)61(73)95-39-17-85-53-43(99-65(33)77)21-89-49(39)53/h3-14,37-56H,15-24H2,1-2H3/t37-,38-,39-,40-,41+,42+,43+,44+,45-,46+,47+,48+,49+,50+,51+,52+,53+,54+,55+,56+/m0/s1. The lowest BCUT2D eigenvalue weighted by Crippen LogP contribution is -2.37. The highest BCUT2D eigenvalue weighted by molar-refractivity contribution is 6.04. The zero-order chi connectivity index (χ0) is 70.5. The van der Waals surface area contributed by atoms with E-state index >= 15 is 0 Å². The molecule has 4 aromatic carbocycles. The highest BCUT2D eigenvalue weighted by Crippen LogP contribution is 2.39. The Morgan fingerprint density at radius 2 is 0.412 bits per heavy atom. The number of fused-ring (bicyclic) bond motifs is 9. The summed E-state index contributed by atoms with van der Waals surface area (Å²) >= 11 is 0. The molecule has 16 rings (SSSR count). The maximum Gasteiger partial charge on any atom is 0.338 e. The summed E-state index contributed by atoms with van der Waals surface area (Å²) in [6, 6.07) is 13.7. The van der Waals surface area contributed by atoms with Crippen LogP contribution < -0.4 is 0 Å². The van der Waals surface area contributed by atoms with Crippen molar-refractivity contribution in [2.75, 3.05) is 80.3 Å². The first-order valence-corrected chi connectivity index (χ1v) is 32.3. The van der Waals surface area contributed by atoms with Crippen LogP contribution in [0.25, 0.3) is 0 Å². The molecule has 12 aliphatic heterocycles. The number of carbonyl (C=O) groups is 12. The van der Waals surface area contributed by atoms with Crippen molar-refractivity contribution >= 4 is 71.6 Å². The minimum absolute atomic E-state index is 0.173. The van der Waals surface area contributed by atoms with Crippen molar-refractivity contribution in [2.45, 2.75) is 122 Å². The maximum atomic E-state index is 14.4. The van der Waals surface area contributed by atoms with Gasteiger partial charge in [-0.2, -0.15) is 0 Å². The third-order valence-corrected chi connectivity index (χ3v) is 19.3. The second-order valence-corrected chi connectivity index (χ2v) is 25.6. The van der Waals surface area contributed by atoms with Crippen LogP contribution in [0.2, 0.25) is 0 Å². The van der Waals surface area contributed by atoms with Crippen LogP contribution in [0.3, 0.4) is 0 Å². The third-order valence-electron chi connectivity index (χ3n) is 19.3. The SMILES string of the molecule is COC(=O)c1cc2cc(c1)C(=O)O[C@H]1CO[C@H]3[C@@H]1OC[C@H]3OC(=O)c1cc(C(=O)O[C@H]3CO[C@H]4[C@@H]3OC[C@H]4OC(=O)c3cc4cc(c3)C(=O)O[C@@H]3CO[C@H]5[C@@H]3OC[C@@H]5OC(=O)c3cc(C(=O)OC)cc(c3)C(=O)O[C@H]3CO[C@H]5[C@@H]3OC[C@H]5OC4=O)cc(c1)C(=O)O[C@@H]1CO[C@H]3[C@@H]1OC[C@@H]3OC2=O. The summed E-state index contributed by atoms with van der Waals surface area (Å²) in [5, 5.41) is 0. The fourth-order valence-electron chi connectivity index (χ4n) is 14.4. The van der Waals surface area contributed by atoms with Gasteiger partial charge in [0.25, 0.3) is 0 Å². The largest absolute Gasteiger partial charge is 0.465 e. The van der Waals surface area contributed by atoms with E-state index in [2.05, 4.69) is 0 Å². The summed E-state index contributed by atoms with van der Waals surface area (Å²) in [7, 11) is 2.23. The van der Waals surface area contributed by atoms with E-state index in [1.54, 1.807) is 0 Å². The van der Waals surface area contributed by atoms with E-state index in [0.29, 0.717) is 0 Å². The maximum absolute atomic E-state index is 14.4. The van der Waals surface area contributed by atoms with Crippen LogP contribution in [0, 0.1) is 0 Å². The Balaban J connectivity index is 0.617. The molecule has 0 aromatic heterocycles. The molecule has 34 nitrogen and oxygen atoms in total. The quantitative estimate of drug-likeness (QED) is 0.189. The molecular weight excluding hydrogens is 1360 g/mol. The number of hydrogen-bond acceptors (Lipinski definition) is 34. The van der Waals surface area contributed by atoms with E-state index < -0.39 is 194 Å². The van der Waals surface area contributed by atoms with Crippen molar-refractivity contribution in [3.8, 4) is 0 Å². The third kappa shape index (κ3) is 12.4. The van der Waals surface area contributed by atoms with Crippen LogP contribution in [0.5, 0.6) is 0 Å². The molecule has 0 N–H and O–H groups in total. The van der Waals surface area contributed by atoms with Crippen molar-refractivity contribution < 1.29 is 162 Å². The monoisotopic (exact) mass is 1420 g/mol. The Morgan fingerprint density at radius 1 is 0.245 bits per heavy atom. The van der Waals surface area contributed by atoms with Crippen LogP contribution >= 0.6 is 0 Å². The average Bonchev–Trinajstić information content (AvgIpc) is 1.62. The van der Waals surface area contributed by atoms with E-state index in [0.717, 1.165) is 50.6 Å². The Labute approximate surface area is 573 Å². The second-order valence-electron chi connectivity index (χ2n) is 25.6. The smallest absolute Gasteiger partial charge is 0.338 e. The van der Waals surface area contributed by atoms with Gasteiger partial charge in [-0.1, -0.05) is 0 Å². The van der Waals surface area contributed by atoms with Crippen LogP contribution in [0.15, 0.2) is 72.8 Å². The van der Waals surface area contributed by atoms with Crippen LogP contribution in [-0.4, -0.2) is 274 Å². The molecule has 0 amide bonds. The number of hydrogen-bond donors (Lipinski definition) is 0. The lowest BCUT2D eigenvalue weighted by Gasteiger charge is -2.20. The van der Waals surface area contributed by atoms with Crippen molar-refractivity contribution in [3.05, 3.63) is 140 Å². The Bertz CT molecular complexity index is 3740. The van der Waals surface area contributed by atoms with Gasteiger partial charge in [0, 0.05) is 0 Å². The fraction of sp³-hybridized carbons (Fsp3) is 0.471. The van der Waals surface area contributed by atoms with E-state index in [9.17, 15) is 57.5 Å². The van der Waals surface area contributed by atoms with Gasteiger partial charge in [-0.3, -0.25) is 0 Å². The number of esters is 12. The van der Waals surface area contributed by atoms with Crippen molar-refractivity contribution in [1.82, 2.24) is 0 Å². The fourth-order valence-corrected chi connectivity index (χ4v) is 14.4. The summed E-state index contributed by atoms with van der Waals surface area (Å²) in [4.78, 5) is 166. The molecule has 12 heterocycles. The summed E-state index contributed by atoms with van der Waals surface area (Å²) in [6.07, 6.45) is -21.2. The first-order chi connectivity index (χ1) is 49.3. The molecule has 10 saturated heterocycles. The van der Waals surface area contributed by atoms with Crippen molar-refractivity contribution in [1.29, 1.82) is 0 Å². The van der Waals surface area contributed by atoms with E-state index in [-0.39, 0.29) is 133 Å². The zero-order valence-corrected chi connectivity index (χ0v) is 53.4. The summed E-state index contributed by atoms with van der Waals surface area (Å²) in [5.41, 5.74) is -3.29. The molecule has 0 radical (unpaired) electrons. The first-order valence-electron chi connectivity index (χ1n) is 32.3. The molecule has 34 heteroatoms. The molecule has 20 atom stereocenters. The highest BCUT2D eigenvalue weighted by atomic mass is 16.7. The molecule has 12 aliphatic rings. The highest BCUT2D eigenvalue weighted by Gasteiger charge is 2.57. The Morgan fingerprint density at radius 3 is 0.588 bits per heavy atom. The normalized spacial score (nSPS) is 34.3. The predicted molar refractivity (Wildman–Crippen MR) is 318 cm³/mol. The van der Waals surface area contributed by atoms with Gasteiger partial charge in [0.1, 0.15) is 61.0 Å². The minimum atomic E-state index is -1.21. The van der Waals surface area contributed by atoms with Gasteiger partial charge in [0.05, 0.1) is 147 Å². The number of carbonyl (C=O) groups excluding carboxylic acids is 12. The minimum Gasteiger partial charge on any atom is -0.465 e. The molecule has 0 saturated carbocycles. The molecule has 10 fully saturated rings. The predicted octanol–water partition coefficient (Wildman–Crippen LogP) is 0.630. The Hall–Kier alpha value is -9.88. The second kappa shape index (κ2) is 26.8. The zero-order valence-electron chi connectivity index (χ0n) is 53.4. The number of methoxy groups -OCH3 is 2. The first kappa shape index (κ1) is 66.7. The molecule has 0 spiro atoms. The van der Waals surface area contributed by atoms with Crippen molar-refractivity contribution in [2.24, 2.45) is 0 Å². The summed E-state index contributed by atoms with van der Waals surface area (Å²) in [5.74, 6) is -12.0. The molecule has 0 unspecified atom stereocenters. The van der Waals surface area contributed by atoms with Gasteiger partial charge in [-0.25, -0.2) is 57.5 Å². The lowest BCUT2D eigenvalue weighted by atomic mass is 10.0. The molecule has 24 bridgehead atoms. The topological polar surface area (TPSA) is 408 Å². The lowest BCUT2D eigenvalue weighted by molar-refractivity contribution is -0.0300.